The second-order valence-corrected chi connectivity index (χ2v) is 7.32. The Kier molecular flexibility index (Phi) is 4.40. The molecule has 1 aromatic heterocycles. The number of amides is 4. The van der Waals surface area contributed by atoms with E-state index in [1.165, 1.54) is 0 Å². The standard InChI is InChI=1S/C19H21N5O5/c1-11(2)24-15(6-7-20-24)21-16(25)9-23-17(26)19(3,22-18(23)27)12-4-5-13-14(8-12)29-10-28-13/h4-8,11H,9-10H2,1-3H3,(H,21,25)(H,22,27)/t19-/m0/s1. The minimum Gasteiger partial charge on any atom is -0.454 e. The largest absolute Gasteiger partial charge is 0.454 e. The van der Waals surface area contributed by atoms with Crippen molar-refractivity contribution in [1.29, 1.82) is 0 Å². The lowest BCUT2D eigenvalue weighted by atomic mass is 9.91. The smallest absolute Gasteiger partial charge is 0.325 e. The monoisotopic (exact) mass is 399 g/mol. The molecule has 2 aliphatic heterocycles. The van der Waals surface area contributed by atoms with Crippen LogP contribution in [0.5, 0.6) is 11.5 Å². The van der Waals surface area contributed by atoms with Crippen molar-refractivity contribution in [3.8, 4) is 11.5 Å². The molecule has 1 fully saturated rings. The molecule has 1 aromatic carbocycles. The number of nitrogens with one attached hydrogen (secondary N) is 2. The van der Waals surface area contributed by atoms with Gasteiger partial charge in [0.1, 0.15) is 17.9 Å². The van der Waals surface area contributed by atoms with Crippen molar-refractivity contribution >= 4 is 23.7 Å². The van der Waals surface area contributed by atoms with Gasteiger partial charge in [-0.05, 0) is 38.5 Å². The number of urea groups is 1. The summed E-state index contributed by atoms with van der Waals surface area (Å²) >= 11 is 0. The topological polar surface area (TPSA) is 115 Å². The van der Waals surface area contributed by atoms with Gasteiger partial charge in [-0.2, -0.15) is 5.10 Å². The molecule has 1 atom stereocenters. The average molecular weight is 399 g/mol. The number of benzene rings is 1. The molecule has 152 valence electrons. The molecule has 29 heavy (non-hydrogen) atoms. The molecule has 10 nitrogen and oxygen atoms in total. The summed E-state index contributed by atoms with van der Waals surface area (Å²) in [6, 6.07) is 6.10. The lowest BCUT2D eigenvalue weighted by Gasteiger charge is -2.22. The van der Waals surface area contributed by atoms with Gasteiger partial charge in [0.05, 0.1) is 6.20 Å². The Balaban J connectivity index is 1.51. The van der Waals surface area contributed by atoms with Crippen molar-refractivity contribution < 1.29 is 23.9 Å². The zero-order chi connectivity index (χ0) is 20.8. The fourth-order valence-corrected chi connectivity index (χ4v) is 3.39. The van der Waals surface area contributed by atoms with Crippen LogP contribution in [0.3, 0.4) is 0 Å². The summed E-state index contributed by atoms with van der Waals surface area (Å²) in [7, 11) is 0. The number of ether oxygens (including phenoxy) is 2. The van der Waals surface area contributed by atoms with Crippen LogP contribution in [0.15, 0.2) is 30.5 Å². The van der Waals surface area contributed by atoms with Crippen LogP contribution in [-0.4, -0.2) is 45.9 Å². The van der Waals surface area contributed by atoms with Gasteiger partial charge in [-0.25, -0.2) is 9.48 Å². The summed E-state index contributed by atoms with van der Waals surface area (Å²) in [6.07, 6.45) is 1.57. The minimum atomic E-state index is -1.31. The molecule has 4 rings (SSSR count). The summed E-state index contributed by atoms with van der Waals surface area (Å²) in [5, 5.41) is 9.51. The predicted molar refractivity (Wildman–Crippen MR) is 101 cm³/mol. The Morgan fingerprint density at radius 2 is 2.03 bits per heavy atom. The maximum atomic E-state index is 13.0. The van der Waals surface area contributed by atoms with E-state index in [4.69, 9.17) is 9.47 Å². The number of imide groups is 1. The highest BCUT2D eigenvalue weighted by Crippen LogP contribution is 2.37. The number of fused-ring (bicyclic) bond motifs is 1. The van der Waals surface area contributed by atoms with E-state index >= 15 is 0 Å². The van der Waals surface area contributed by atoms with Crippen molar-refractivity contribution in [2.24, 2.45) is 0 Å². The van der Waals surface area contributed by atoms with Crippen molar-refractivity contribution in [1.82, 2.24) is 20.0 Å². The molecule has 0 unspecified atom stereocenters. The third-order valence-electron chi connectivity index (χ3n) is 4.95. The minimum absolute atomic E-state index is 0.0475. The fraction of sp³-hybridized carbons (Fsp3) is 0.368. The summed E-state index contributed by atoms with van der Waals surface area (Å²) in [4.78, 5) is 38.9. The molecule has 4 amide bonds. The molecule has 1 saturated heterocycles. The van der Waals surface area contributed by atoms with Crippen LogP contribution < -0.4 is 20.1 Å². The summed E-state index contributed by atoms with van der Waals surface area (Å²) in [5.74, 6) is 0.561. The molecular formula is C19H21N5O5. The number of rotatable bonds is 5. The Bertz CT molecular complexity index is 1000. The highest BCUT2D eigenvalue weighted by molar-refractivity contribution is 6.10. The average Bonchev–Trinajstić information content (AvgIpc) is 3.37. The van der Waals surface area contributed by atoms with Crippen molar-refractivity contribution in [2.75, 3.05) is 18.7 Å². The zero-order valence-electron chi connectivity index (χ0n) is 16.3. The highest BCUT2D eigenvalue weighted by Gasteiger charge is 2.49. The zero-order valence-corrected chi connectivity index (χ0v) is 16.3. The van der Waals surface area contributed by atoms with Crippen LogP contribution in [0, 0.1) is 0 Å². The predicted octanol–water partition coefficient (Wildman–Crippen LogP) is 1.60. The van der Waals surface area contributed by atoms with Gasteiger partial charge in [0.15, 0.2) is 11.5 Å². The molecular weight excluding hydrogens is 378 g/mol. The van der Waals surface area contributed by atoms with E-state index < -0.39 is 29.9 Å². The lowest BCUT2D eigenvalue weighted by molar-refractivity contribution is -0.133. The molecule has 0 radical (unpaired) electrons. The first-order valence-corrected chi connectivity index (χ1v) is 9.17. The van der Waals surface area contributed by atoms with E-state index in [0.717, 1.165) is 4.90 Å². The first kappa shape index (κ1) is 18.8. The first-order valence-electron chi connectivity index (χ1n) is 9.17. The normalized spacial score (nSPS) is 20.3. The molecule has 0 spiro atoms. The van der Waals surface area contributed by atoms with Crippen LogP contribution in [-0.2, 0) is 15.1 Å². The van der Waals surface area contributed by atoms with Gasteiger partial charge >= 0.3 is 6.03 Å². The van der Waals surface area contributed by atoms with Crippen molar-refractivity contribution in [3.63, 3.8) is 0 Å². The lowest BCUT2D eigenvalue weighted by Crippen LogP contribution is -2.42. The number of hydrogen-bond donors (Lipinski definition) is 2. The van der Waals surface area contributed by atoms with E-state index in [9.17, 15) is 14.4 Å². The maximum Gasteiger partial charge on any atom is 0.325 e. The molecule has 3 heterocycles. The number of carbonyl (C=O) groups is 3. The van der Waals surface area contributed by atoms with Gasteiger partial charge < -0.3 is 20.1 Å². The first-order chi connectivity index (χ1) is 13.8. The van der Waals surface area contributed by atoms with Crippen LogP contribution in [0.4, 0.5) is 10.6 Å². The van der Waals surface area contributed by atoms with Crippen LogP contribution >= 0.6 is 0 Å². The number of hydrogen-bond acceptors (Lipinski definition) is 6. The van der Waals surface area contributed by atoms with Gasteiger partial charge in [0, 0.05) is 12.1 Å². The van der Waals surface area contributed by atoms with E-state index in [1.807, 2.05) is 13.8 Å². The van der Waals surface area contributed by atoms with Crippen molar-refractivity contribution in [3.05, 3.63) is 36.0 Å². The Morgan fingerprint density at radius 3 is 2.79 bits per heavy atom. The summed E-state index contributed by atoms with van der Waals surface area (Å²) < 4.78 is 12.3. The summed E-state index contributed by atoms with van der Waals surface area (Å²) in [5.41, 5.74) is -0.765. The second-order valence-electron chi connectivity index (χ2n) is 7.32. The van der Waals surface area contributed by atoms with E-state index in [2.05, 4.69) is 15.7 Å². The van der Waals surface area contributed by atoms with Crippen LogP contribution in [0.25, 0.3) is 0 Å². The maximum absolute atomic E-state index is 13.0. The highest BCUT2D eigenvalue weighted by atomic mass is 16.7. The SMILES string of the molecule is CC(C)n1nccc1NC(=O)CN1C(=O)N[C@@](C)(c2ccc3c(c2)OCO3)C1=O. The van der Waals surface area contributed by atoms with E-state index in [1.54, 1.807) is 42.1 Å². The molecule has 0 saturated carbocycles. The number of nitrogens with zero attached hydrogens (tertiary/aromatic N) is 3. The molecule has 0 aliphatic carbocycles. The Morgan fingerprint density at radius 1 is 1.28 bits per heavy atom. The fourth-order valence-electron chi connectivity index (χ4n) is 3.39. The Hall–Kier alpha value is -3.56. The van der Waals surface area contributed by atoms with Crippen LogP contribution in [0.1, 0.15) is 32.4 Å². The van der Waals surface area contributed by atoms with Gasteiger partial charge in [0.2, 0.25) is 12.7 Å². The van der Waals surface area contributed by atoms with Gasteiger partial charge in [-0.15, -0.1) is 0 Å². The number of anilines is 1. The van der Waals surface area contributed by atoms with E-state index in [-0.39, 0.29) is 12.8 Å². The molecule has 0 bridgehead atoms. The second kappa shape index (κ2) is 6.80. The van der Waals surface area contributed by atoms with E-state index in [0.29, 0.717) is 22.9 Å². The molecule has 10 heteroatoms. The van der Waals surface area contributed by atoms with Gasteiger partial charge in [-0.3, -0.25) is 14.5 Å². The molecule has 2 aliphatic rings. The van der Waals surface area contributed by atoms with Crippen molar-refractivity contribution in [2.45, 2.75) is 32.4 Å². The number of aromatic nitrogens is 2. The third kappa shape index (κ3) is 3.16. The third-order valence-corrected chi connectivity index (χ3v) is 4.95. The Labute approximate surface area is 166 Å². The number of carbonyl (C=O) groups excluding carboxylic acids is 3. The summed E-state index contributed by atoms with van der Waals surface area (Å²) in [6.45, 7) is 5.15. The molecule has 2 aromatic rings. The van der Waals surface area contributed by atoms with Crippen LogP contribution in [0.2, 0.25) is 0 Å². The molecule has 2 N–H and O–H groups in total. The van der Waals surface area contributed by atoms with Gasteiger partial charge in [-0.1, -0.05) is 6.07 Å². The quantitative estimate of drug-likeness (QED) is 0.738. The van der Waals surface area contributed by atoms with Gasteiger partial charge in [0.25, 0.3) is 5.91 Å².